The number of para-hydroxylation sites is 1. The lowest BCUT2D eigenvalue weighted by Gasteiger charge is -2.50. The summed E-state index contributed by atoms with van der Waals surface area (Å²) in [6, 6.07) is 18.0. The van der Waals surface area contributed by atoms with Gasteiger partial charge in [-0.25, -0.2) is 0 Å². The van der Waals surface area contributed by atoms with Crippen LogP contribution in [0.25, 0.3) is 0 Å². The third-order valence-corrected chi connectivity index (χ3v) is 11.0. The molecule has 0 aromatic heterocycles. The fourth-order valence-electron chi connectivity index (χ4n) is 8.41. The monoisotopic (exact) mass is 703 g/mol. The van der Waals surface area contributed by atoms with Crippen LogP contribution in [0.3, 0.4) is 0 Å². The van der Waals surface area contributed by atoms with Gasteiger partial charge in [0.25, 0.3) is 11.8 Å². The number of phenols is 1. The maximum atomic E-state index is 15.2. The van der Waals surface area contributed by atoms with Crippen molar-refractivity contribution in [3.8, 4) is 11.5 Å². The highest BCUT2D eigenvalue weighted by Crippen LogP contribution is 2.65. The van der Waals surface area contributed by atoms with Crippen LogP contribution in [0.4, 0.5) is 5.69 Å². The van der Waals surface area contributed by atoms with E-state index in [1.807, 2.05) is 6.08 Å². The van der Waals surface area contributed by atoms with Gasteiger partial charge < -0.3 is 14.9 Å². The van der Waals surface area contributed by atoms with Gasteiger partial charge >= 0.3 is 5.97 Å². The van der Waals surface area contributed by atoms with Gasteiger partial charge in [0.15, 0.2) is 0 Å². The van der Waals surface area contributed by atoms with E-state index in [0.29, 0.717) is 27.5 Å². The Hall–Kier alpha value is -4.87. The summed E-state index contributed by atoms with van der Waals surface area (Å²) in [7, 11) is 1.51. The van der Waals surface area contributed by atoms with Crippen molar-refractivity contribution >= 4 is 58.5 Å². The average molecular weight is 705 g/mol. The number of hydrogen-bond acceptors (Lipinski definition) is 8. The molecule has 252 valence electrons. The molecule has 6 unspecified atom stereocenters. The summed E-state index contributed by atoms with van der Waals surface area (Å²) in [5.41, 5.74) is 3.11. The lowest BCUT2D eigenvalue weighted by molar-refractivity contribution is -0.143. The van der Waals surface area contributed by atoms with Crippen molar-refractivity contribution in [1.29, 1.82) is 0 Å². The molecule has 2 heterocycles. The van der Waals surface area contributed by atoms with Crippen LogP contribution in [0.5, 0.6) is 11.5 Å². The van der Waals surface area contributed by atoms with Crippen LogP contribution < -0.4 is 10.2 Å². The molecule has 7 rings (SSSR count). The van der Waals surface area contributed by atoms with Crippen molar-refractivity contribution < 1.29 is 38.9 Å². The number of amides is 4. The van der Waals surface area contributed by atoms with Crippen LogP contribution in [-0.4, -0.2) is 63.4 Å². The summed E-state index contributed by atoms with van der Waals surface area (Å²) in [6.07, 6.45) is 1.67. The van der Waals surface area contributed by atoms with E-state index in [1.54, 1.807) is 54.6 Å². The number of ether oxygens (including phenoxy) is 1. The number of nitrogens with one attached hydrogen (secondary N) is 1. The van der Waals surface area contributed by atoms with E-state index in [-0.39, 0.29) is 35.8 Å². The second-order valence-electron chi connectivity index (χ2n) is 12.7. The Bertz CT molecular complexity index is 1950. The highest BCUT2D eigenvalue weighted by Gasteiger charge is 2.70. The highest BCUT2D eigenvalue weighted by atomic mass is 35.5. The lowest BCUT2D eigenvalue weighted by Crippen LogP contribution is -2.53. The van der Waals surface area contributed by atoms with E-state index < -0.39 is 71.0 Å². The summed E-state index contributed by atoms with van der Waals surface area (Å²) in [6.45, 7) is -0.263. The van der Waals surface area contributed by atoms with Gasteiger partial charge in [0, 0.05) is 23.0 Å². The third-order valence-electron chi connectivity index (χ3n) is 10.5. The summed E-state index contributed by atoms with van der Waals surface area (Å²) in [5, 5.41) is 22.2. The molecule has 0 spiro atoms. The normalized spacial score (nSPS) is 27.4. The first-order chi connectivity index (χ1) is 23.5. The first-order valence-corrected chi connectivity index (χ1v) is 16.5. The summed E-state index contributed by atoms with van der Waals surface area (Å²) in [5.74, 6) is -7.12. The van der Waals surface area contributed by atoms with E-state index in [1.165, 1.54) is 19.2 Å². The highest BCUT2D eigenvalue weighted by molar-refractivity contribution is 6.36. The maximum Gasteiger partial charge on any atom is 0.305 e. The molecule has 0 bridgehead atoms. The van der Waals surface area contributed by atoms with Gasteiger partial charge in [-0.15, -0.1) is 0 Å². The largest absolute Gasteiger partial charge is 0.508 e. The molecule has 49 heavy (non-hydrogen) atoms. The number of rotatable bonds is 8. The second-order valence-corrected chi connectivity index (χ2v) is 13.6. The number of carboxylic acid groups (broad SMARTS) is 1. The number of allylic oxidation sites excluding steroid dienone is 2. The van der Waals surface area contributed by atoms with E-state index in [4.69, 9.17) is 27.9 Å². The summed E-state index contributed by atoms with van der Waals surface area (Å²) in [4.78, 5) is 69.7. The number of aliphatic carboxylic acids is 1. The number of halogens is 2. The minimum absolute atomic E-state index is 0.0337. The van der Waals surface area contributed by atoms with Gasteiger partial charge in [-0.05, 0) is 60.7 Å². The van der Waals surface area contributed by atoms with Crippen molar-refractivity contribution in [3.63, 3.8) is 0 Å². The topological polar surface area (TPSA) is 154 Å². The van der Waals surface area contributed by atoms with Crippen molar-refractivity contribution in [3.05, 3.63) is 99.6 Å². The van der Waals surface area contributed by atoms with Crippen molar-refractivity contribution in [1.82, 2.24) is 9.91 Å². The number of hydrogen-bond donors (Lipinski definition) is 3. The number of carbonyl (C=O) groups excluding carboxylic acids is 4. The van der Waals surface area contributed by atoms with Gasteiger partial charge in [-0.2, -0.15) is 5.01 Å². The molecule has 3 fully saturated rings. The van der Waals surface area contributed by atoms with Crippen LogP contribution >= 0.6 is 23.2 Å². The van der Waals surface area contributed by atoms with Gasteiger partial charge in [0.05, 0.1) is 47.4 Å². The SMILES string of the molecule is COc1ccc(C23C(=O)N(Nc4ccc(Cl)cc4Cl)C(=O)C2CC2C(=CCC4C(=O)N(CCC(=O)O)C(=O)C42)C3c2ccccc2O)cc1. The van der Waals surface area contributed by atoms with Gasteiger partial charge in [-0.3, -0.25) is 34.3 Å². The van der Waals surface area contributed by atoms with Crippen molar-refractivity contribution in [2.45, 2.75) is 30.6 Å². The predicted octanol–water partition coefficient (Wildman–Crippen LogP) is 5.17. The van der Waals surface area contributed by atoms with E-state index >= 15 is 4.79 Å². The first-order valence-electron chi connectivity index (χ1n) is 15.8. The minimum atomic E-state index is -1.61. The molecule has 3 aromatic carbocycles. The van der Waals surface area contributed by atoms with Gasteiger partial charge in [-0.1, -0.05) is 65.2 Å². The van der Waals surface area contributed by atoms with Crippen LogP contribution in [0.1, 0.15) is 36.3 Å². The summed E-state index contributed by atoms with van der Waals surface area (Å²) >= 11 is 12.6. The number of benzene rings is 3. The minimum Gasteiger partial charge on any atom is -0.508 e. The molecule has 1 saturated carbocycles. The number of carbonyl (C=O) groups is 5. The quantitative estimate of drug-likeness (QED) is 0.213. The van der Waals surface area contributed by atoms with Crippen LogP contribution in [0, 0.1) is 23.7 Å². The molecule has 2 aliphatic heterocycles. The van der Waals surface area contributed by atoms with E-state index in [0.717, 1.165) is 9.91 Å². The molecule has 0 radical (unpaired) electrons. The Morgan fingerprint density at radius 2 is 1.71 bits per heavy atom. The average Bonchev–Trinajstić information content (AvgIpc) is 3.45. The van der Waals surface area contributed by atoms with E-state index in [9.17, 15) is 29.4 Å². The number of carboxylic acids is 1. The second kappa shape index (κ2) is 12.2. The molecule has 6 atom stereocenters. The molecule has 4 amide bonds. The molecular formula is C36H31Cl2N3O8. The number of anilines is 1. The molecule has 2 saturated heterocycles. The maximum absolute atomic E-state index is 15.2. The molecular weight excluding hydrogens is 673 g/mol. The summed E-state index contributed by atoms with van der Waals surface area (Å²) < 4.78 is 5.40. The zero-order chi connectivity index (χ0) is 34.8. The Morgan fingerprint density at radius 1 is 0.980 bits per heavy atom. The van der Waals surface area contributed by atoms with Gasteiger partial charge in [0.2, 0.25) is 11.8 Å². The Kier molecular flexibility index (Phi) is 8.15. The van der Waals surface area contributed by atoms with Crippen LogP contribution in [0.2, 0.25) is 10.0 Å². The Balaban J connectivity index is 1.43. The number of fused-ring (bicyclic) bond motifs is 4. The third kappa shape index (κ3) is 4.97. The number of phenolic OH excluding ortho intramolecular Hbond substituents is 1. The number of methoxy groups -OCH3 is 1. The zero-order valence-corrected chi connectivity index (χ0v) is 27.6. The number of nitrogens with zero attached hydrogens (tertiary/aromatic N) is 2. The van der Waals surface area contributed by atoms with Crippen molar-refractivity contribution in [2.24, 2.45) is 23.7 Å². The van der Waals surface area contributed by atoms with Crippen molar-refractivity contribution in [2.75, 3.05) is 19.1 Å². The van der Waals surface area contributed by atoms with Crippen LogP contribution in [0.15, 0.2) is 78.4 Å². The number of aromatic hydroxyl groups is 1. The van der Waals surface area contributed by atoms with Crippen LogP contribution in [-0.2, 0) is 29.4 Å². The number of likely N-dealkylation sites (tertiary alicyclic amines) is 1. The Labute approximate surface area is 291 Å². The molecule has 3 N–H and O–H groups in total. The fourth-order valence-corrected chi connectivity index (χ4v) is 8.86. The van der Waals surface area contributed by atoms with E-state index in [2.05, 4.69) is 5.43 Å². The number of hydrazine groups is 1. The molecule has 2 aliphatic carbocycles. The zero-order valence-electron chi connectivity index (χ0n) is 26.1. The smallest absolute Gasteiger partial charge is 0.305 e. The molecule has 3 aromatic rings. The standard InChI is InChI=1S/C36H31Cl2N3O8/c1-49-20-9-6-18(7-10-20)36-25(33(46)41(35(36)48)39-27-13-8-19(37)16-26(27)38)17-24-21(31(36)22-4-2-3-5-28(22)42)11-12-23-30(24)34(47)40(32(23)45)15-14-29(43)44/h2-11,13,16,23-25,30-31,39,42H,12,14-15,17H2,1H3,(H,43,44). The molecule has 11 nitrogen and oxygen atoms in total. The lowest BCUT2D eigenvalue weighted by atomic mass is 9.49. The first kappa shape index (κ1) is 32.7. The fraction of sp³-hybridized carbons (Fsp3) is 0.306. The Morgan fingerprint density at radius 3 is 2.39 bits per heavy atom. The molecule has 13 heteroatoms. The molecule has 4 aliphatic rings. The van der Waals surface area contributed by atoms with Gasteiger partial charge in [0.1, 0.15) is 11.5 Å². The predicted molar refractivity (Wildman–Crippen MR) is 178 cm³/mol. The number of imide groups is 2.